The molecule has 4 rings (SSSR count). The second-order valence-electron chi connectivity index (χ2n) is 6.42. The molecule has 2 heterocycles. The molecule has 1 saturated carbocycles. The van der Waals surface area contributed by atoms with Gasteiger partial charge in [0, 0.05) is 23.3 Å². The van der Waals surface area contributed by atoms with E-state index >= 15 is 0 Å². The fourth-order valence-electron chi connectivity index (χ4n) is 3.19. The van der Waals surface area contributed by atoms with Gasteiger partial charge >= 0.3 is 0 Å². The lowest BCUT2D eigenvalue weighted by molar-refractivity contribution is 0.357. The summed E-state index contributed by atoms with van der Waals surface area (Å²) in [5.41, 5.74) is 2.90. The van der Waals surface area contributed by atoms with Crippen LogP contribution < -0.4 is 0 Å². The standard InChI is InChI=1S/C18H18BrN3O/c1-18(13-3-4-13,14-5-7-15(19)8-6-14)17-21-16(11-23-17)12-9-20-22(2)10-12/h5-11,13H,3-4H2,1-2H3. The summed E-state index contributed by atoms with van der Waals surface area (Å²) >= 11 is 3.51. The van der Waals surface area contributed by atoms with Crippen molar-refractivity contribution in [2.24, 2.45) is 13.0 Å². The maximum Gasteiger partial charge on any atom is 0.205 e. The Morgan fingerprint density at radius 1 is 1.26 bits per heavy atom. The largest absolute Gasteiger partial charge is 0.447 e. The average molecular weight is 372 g/mol. The zero-order chi connectivity index (χ0) is 16.0. The number of benzene rings is 1. The van der Waals surface area contributed by atoms with E-state index in [0.29, 0.717) is 5.92 Å². The summed E-state index contributed by atoms with van der Waals surface area (Å²) in [5.74, 6) is 1.38. The highest BCUT2D eigenvalue weighted by molar-refractivity contribution is 9.10. The van der Waals surface area contributed by atoms with Crippen LogP contribution in [0.2, 0.25) is 0 Å². The summed E-state index contributed by atoms with van der Waals surface area (Å²) in [4.78, 5) is 4.79. The van der Waals surface area contributed by atoms with Gasteiger partial charge in [0.1, 0.15) is 12.0 Å². The third kappa shape index (κ3) is 2.53. The van der Waals surface area contributed by atoms with Crippen LogP contribution in [-0.4, -0.2) is 14.8 Å². The first-order chi connectivity index (χ1) is 11.1. The molecule has 0 amide bonds. The Kier molecular flexibility index (Phi) is 3.41. The number of hydrogen-bond donors (Lipinski definition) is 0. The molecule has 23 heavy (non-hydrogen) atoms. The minimum atomic E-state index is -0.179. The molecule has 0 saturated heterocycles. The first-order valence-electron chi connectivity index (χ1n) is 7.78. The van der Waals surface area contributed by atoms with Crippen molar-refractivity contribution in [3.63, 3.8) is 0 Å². The normalized spacial score (nSPS) is 17.2. The molecule has 1 aliphatic rings. The molecule has 0 aliphatic heterocycles. The number of rotatable bonds is 4. The maximum absolute atomic E-state index is 5.92. The van der Waals surface area contributed by atoms with E-state index in [-0.39, 0.29) is 5.41 Å². The Labute approximate surface area is 143 Å². The molecule has 1 aromatic carbocycles. The Hall–Kier alpha value is -1.88. The van der Waals surface area contributed by atoms with Gasteiger partial charge in [-0.3, -0.25) is 4.68 Å². The van der Waals surface area contributed by atoms with Gasteiger partial charge in [-0.05, 0) is 43.4 Å². The number of oxazole rings is 1. The van der Waals surface area contributed by atoms with Crippen LogP contribution in [0.5, 0.6) is 0 Å². The van der Waals surface area contributed by atoms with Gasteiger partial charge in [0.25, 0.3) is 0 Å². The van der Waals surface area contributed by atoms with E-state index in [1.807, 2.05) is 19.4 Å². The molecular weight excluding hydrogens is 354 g/mol. The van der Waals surface area contributed by atoms with Gasteiger partial charge in [-0.15, -0.1) is 0 Å². The predicted octanol–water partition coefficient (Wildman–Crippen LogP) is 4.55. The number of halogens is 1. The first kappa shape index (κ1) is 14.7. The van der Waals surface area contributed by atoms with Gasteiger partial charge < -0.3 is 4.42 Å². The first-order valence-corrected chi connectivity index (χ1v) is 8.58. The highest BCUT2D eigenvalue weighted by atomic mass is 79.9. The van der Waals surface area contributed by atoms with Gasteiger partial charge in [0.05, 0.1) is 11.6 Å². The summed E-state index contributed by atoms with van der Waals surface area (Å²) in [6.07, 6.45) is 7.95. The summed E-state index contributed by atoms with van der Waals surface area (Å²) in [6.45, 7) is 2.24. The monoisotopic (exact) mass is 371 g/mol. The van der Waals surface area contributed by atoms with Gasteiger partial charge in [0.15, 0.2) is 0 Å². The van der Waals surface area contributed by atoms with Gasteiger partial charge in [0.2, 0.25) is 5.89 Å². The molecule has 118 valence electrons. The van der Waals surface area contributed by atoms with Crippen molar-refractivity contribution in [2.75, 3.05) is 0 Å². The van der Waals surface area contributed by atoms with Crippen molar-refractivity contribution in [3.05, 3.63) is 58.8 Å². The third-order valence-corrected chi connectivity index (χ3v) is 5.32. The fourth-order valence-corrected chi connectivity index (χ4v) is 3.45. The van der Waals surface area contributed by atoms with Gasteiger partial charge in [-0.2, -0.15) is 5.10 Å². The molecule has 3 aromatic rings. The van der Waals surface area contributed by atoms with Crippen molar-refractivity contribution in [3.8, 4) is 11.3 Å². The minimum absolute atomic E-state index is 0.179. The number of hydrogen-bond acceptors (Lipinski definition) is 3. The van der Waals surface area contributed by atoms with Crippen molar-refractivity contribution in [1.29, 1.82) is 0 Å². The fraction of sp³-hybridized carbons (Fsp3) is 0.333. The van der Waals surface area contributed by atoms with E-state index in [9.17, 15) is 0 Å². The lowest BCUT2D eigenvalue weighted by Crippen LogP contribution is -2.26. The van der Waals surface area contributed by atoms with Gasteiger partial charge in [-0.25, -0.2) is 4.98 Å². The second kappa shape index (κ2) is 5.34. The zero-order valence-corrected chi connectivity index (χ0v) is 14.7. The molecule has 2 aromatic heterocycles. The molecule has 1 aliphatic carbocycles. The van der Waals surface area contributed by atoms with Crippen LogP contribution >= 0.6 is 15.9 Å². The Bertz CT molecular complexity index is 832. The van der Waals surface area contributed by atoms with E-state index in [1.165, 1.54) is 18.4 Å². The highest BCUT2D eigenvalue weighted by Gasteiger charge is 2.47. The van der Waals surface area contributed by atoms with E-state index in [4.69, 9.17) is 9.40 Å². The minimum Gasteiger partial charge on any atom is -0.447 e. The molecule has 4 nitrogen and oxygen atoms in total. The van der Waals surface area contributed by atoms with Crippen molar-refractivity contribution < 1.29 is 4.42 Å². The van der Waals surface area contributed by atoms with Crippen LogP contribution in [-0.2, 0) is 12.5 Å². The number of aromatic nitrogens is 3. The molecule has 1 unspecified atom stereocenters. The third-order valence-electron chi connectivity index (χ3n) is 4.79. The number of aryl methyl sites for hydroxylation is 1. The lowest BCUT2D eigenvalue weighted by atomic mass is 9.77. The van der Waals surface area contributed by atoms with E-state index in [0.717, 1.165) is 21.6 Å². The van der Waals surface area contributed by atoms with Crippen LogP contribution in [0.1, 0.15) is 31.2 Å². The summed E-state index contributed by atoms with van der Waals surface area (Å²) in [7, 11) is 1.90. The molecule has 0 spiro atoms. The molecule has 0 radical (unpaired) electrons. The Morgan fingerprint density at radius 2 is 2.00 bits per heavy atom. The molecule has 0 N–H and O–H groups in total. The molecule has 5 heteroatoms. The molecule has 1 atom stereocenters. The quantitative estimate of drug-likeness (QED) is 0.675. The van der Waals surface area contributed by atoms with E-state index < -0.39 is 0 Å². The van der Waals surface area contributed by atoms with E-state index in [2.05, 4.69) is 52.2 Å². The summed E-state index contributed by atoms with van der Waals surface area (Å²) < 4.78 is 8.78. The SMILES string of the molecule is Cn1cc(-c2coc(C(C)(c3ccc(Br)cc3)C3CC3)n2)cn1. The number of nitrogens with zero attached hydrogens (tertiary/aromatic N) is 3. The van der Waals surface area contributed by atoms with Crippen LogP contribution in [0.3, 0.4) is 0 Å². The summed E-state index contributed by atoms with van der Waals surface area (Å²) in [6, 6.07) is 8.49. The van der Waals surface area contributed by atoms with Gasteiger partial charge in [-0.1, -0.05) is 28.1 Å². The average Bonchev–Trinajstić information content (AvgIpc) is 3.12. The lowest BCUT2D eigenvalue weighted by Gasteiger charge is -2.26. The second-order valence-corrected chi connectivity index (χ2v) is 7.34. The smallest absolute Gasteiger partial charge is 0.205 e. The maximum atomic E-state index is 5.92. The van der Waals surface area contributed by atoms with Crippen LogP contribution in [0, 0.1) is 5.92 Å². The van der Waals surface area contributed by atoms with Crippen molar-refractivity contribution >= 4 is 15.9 Å². The zero-order valence-electron chi connectivity index (χ0n) is 13.2. The molecule has 0 bridgehead atoms. The predicted molar refractivity (Wildman–Crippen MR) is 92.0 cm³/mol. The Morgan fingerprint density at radius 3 is 2.61 bits per heavy atom. The topological polar surface area (TPSA) is 43.9 Å². The van der Waals surface area contributed by atoms with Crippen molar-refractivity contribution in [1.82, 2.24) is 14.8 Å². The molecule has 1 fully saturated rings. The van der Waals surface area contributed by atoms with Crippen LogP contribution in [0.15, 0.2) is 51.8 Å². The van der Waals surface area contributed by atoms with Crippen LogP contribution in [0.4, 0.5) is 0 Å². The van der Waals surface area contributed by atoms with Crippen LogP contribution in [0.25, 0.3) is 11.3 Å². The highest BCUT2D eigenvalue weighted by Crippen LogP contribution is 2.51. The molecular formula is C18H18BrN3O. The Balaban J connectivity index is 1.76. The summed E-state index contributed by atoms with van der Waals surface area (Å²) in [5, 5.41) is 4.21. The van der Waals surface area contributed by atoms with E-state index in [1.54, 1.807) is 10.9 Å². The van der Waals surface area contributed by atoms with Crippen molar-refractivity contribution in [2.45, 2.75) is 25.2 Å².